The maximum Gasteiger partial charge on any atom is 0.0791 e. The maximum absolute atomic E-state index is 10.6. The molecule has 0 bridgehead atoms. The Balaban J connectivity index is 1.24. The molecular formula is C28H41NO2. The molecule has 1 aromatic heterocycles. The fourth-order valence-electron chi connectivity index (χ4n) is 8.53. The van der Waals surface area contributed by atoms with Gasteiger partial charge in [0.2, 0.25) is 0 Å². The summed E-state index contributed by atoms with van der Waals surface area (Å²) < 4.78 is 0. The summed E-state index contributed by atoms with van der Waals surface area (Å²) in [5, 5.41) is 20.8. The van der Waals surface area contributed by atoms with Crippen molar-refractivity contribution in [3.8, 4) is 0 Å². The van der Waals surface area contributed by atoms with Crippen LogP contribution in [0.1, 0.15) is 96.1 Å². The third-order valence-corrected chi connectivity index (χ3v) is 10.4. The van der Waals surface area contributed by atoms with Crippen LogP contribution < -0.4 is 0 Å². The molecule has 8 unspecified atom stereocenters. The predicted octanol–water partition coefficient (Wildman–Crippen LogP) is 6.23. The lowest BCUT2D eigenvalue weighted by atomic mass is 9.47. The van der Waals surface area contributed by atoms with Gasteiger partial charge in [-0.05, 0) is 116 Å². The molecular weight excluding hydrogens is 382 g/mol. The van der Waals surface area contributed by atoms with Gasteiger partial charge in [-0.2, -0.15) is 0 Å². The van der Waals surface area contributed by atoms with E-state index in [0.29, 0.717) is 10.8 Å². The first-order valence-electron chi connectivity index (χ1n) is 12.9. The van der Waals surface area contributed by atoms with E-state index in [0.717, 1.165) is 54.9 Å². The van der Waals surface area contributed by atoms with Gasteiger partial charge < -0.3 is 10.2 Å². The molecule has 3 heteroatoms. The van der Waals surface area contributed by atoms with Crippen LogP contribution in [0.5, 0.6) is 0 Å². The topological polar surface area (TPSA) is 53.4 Å². The van der Waals surface area contributed by atoms with E-state index in [2.05, 4.69) is 24.9 Å². The lowest BCUT2D eigenvalue weighted by Gasteiger charge is -2.58. The molecule has 1 heterocycles. The monoisotopic (exact) mass is 423 g/mol. The molecule has 1 aromatic rings. The van der Waals surface area contributed by atoms with Crippen molar-refractivity contribution in [2.75, 3.05) is 0 Å². The van der Waals surface area contributed by atoms with Gasteiger partial charge in [0.15, 0.2) is 0 Å². The van der Waals surface area contributed by atoms with Crippen LogP contribution in [0, 0.1) is 34.5 Å². The summed E-state index contributed by atoms with van der Waals surface area (Å²) in [6.45, 7) is 5.13. The number of pyridine rings is 1. The molecule has 5 rings (SSSR count). The van der Waals surface area contributed by atoms with Crippen LogP contribution in [0.4, 0.5) is 0 Å². The average molecular weight is 424 g/mol. The lowest BCUT2D eigenvalue weighted by Crippen LogP contribution is -2.50. The predicted molar refractivity (Wildman–Crippen MR) is 124 cm³/mol. The average Bonchev–Trinajstić information content (AvgIpc) is 3.11. The van der Waals surface area contributed by atoms with Crippen molar-refractivity contribution in [1.29, 1.82) is 0 Å². The number of nitrogens with zero attached hydrogens (tertiary/aromatic N) is 1. The van der Waals surface area contributed by atoms with Gasteiger partial charge in [0.05, 0.1) is 12.2 Å². The number of hydrogen-bond acceptors (Lipinski definition) is 3. The molecule has 8 atom stereocenters. The highest BCUT2D eigenvalue weighted by atomic mass is 16.3. The van der Waals surface area contributed by atoms with Crippen molar-refractivity contribution in [3.63, 3.8) is 0 Å². The molecule has 0 spiro atoms. The van der Waals surface area contributed by atoms with Crippen molar-refractivity contribution in [3.05, 3.63) is 41.7 Å². The normalized spacial score (nSPS) is 42.8. The van der Waals surface area contributed by atoms with Crippen molar-refractivity contribution in [2.24, 2.45) is 34.5 Å². The Labute approximate surface area is 188 Å². The Morgan fingerprint density at radius 2 is 1.87 bits per heavy atom. The molecule has 170 valence electrons. The second kappa shape index (κ2) is 8.30. The first-order valence-corrected chi connectivity index (χ1v) is 12.9. The number of rotatable bonds is 5. The van der Waals surface area contributed by atoms with Crippen LogP contribution in [0.2, 0.25) is 0 Å². The molecule has 0 saturated heterocycles. The summed E-state index contributed by atoms with van der Waals surface area (Å²) in [7, 11) is 0. The van der Waals surface area contributed by atoms with Gasteiger partial charge in [0.1, 0.15) is 0 Å². The Morgan fingerprint density at radius 3 is 2.68 bits per heavy atom. The second-order valence-corrected chi connectivity index (χ2v) is 11.7. The number of aliphatic hydroxyl groups is 2. The standard InChI is InChI=1S/C28H41NO2/c1-27-15-11-25-23(8-6-21-18-22(30)10-14-28(21,25)2)24(27)9-7-20(27)4-3-5-26(31)19-12-16-29-17-13-19/h6,12-13,16-17,20,22-26,30-31H,3-5,7-11,14-15,18H2,1-2H3. The number of aliphatic hydroxyl groups excluding tert-OH is 2. The van der Waals surface area contributed by atoms with Crippen LogP contribution in [0.25, 0.3) is 0 Å². The van der Waals surface area contributed by atoms with E-state index >= 15 is 0 Å². The third kappa shape index (κ3) is 3.70. The van der Waals surface area contributed by atoms with Gasteiger partial charge in [-0.25, -0.2) is 0 Å². The van der Waals surface area contributed by atoms with Crippen molar-refractivity contribution in [2.45, 2.75) is 96.7 Å². The van der Waals surface area contributed by atoms with Gasteiger partial charge >= 0.3 is 0 Å². The van der Waals surface area contributed by atoms with E-state index in [9.17, 15) is 10.2 Å². The van der Waals surface area contributed by atoms with E-state index < -0.39 is 0 Å². The highest BCUT2D eigenvalue weighted by Crippen LogP contribution is 2.66. The zero-order valence-corrected chi connectivity index (χ0v) is 19.5. The summed E-state index contributed by atoms with van der Waals surface area (Å²) in [6.07, 6.45) is 18.7. The Hall–Kier alpha value is -1.19. The van der Waals surface area contributed by atoms with E-state index in [1.807, 2.05) is 12.1 Å². The van der Waals surface area contributed by atoms with Gasteiger partial charge in [0.25, 0.3) is 0 Å². The minimum absolute atomic E-state index is 0.108. The molecule has 3 fully saturated rings. The molecule has 4 aliphatic carbocycles. The zero-order chi connectivity index (χ0) is 21.6. The molecule has 0 aromatic carbocycles. The first kappa shape index (κ1) is 21.6. The fraction of sp³-hybridized carbons (Fsp3) is 0.750. The summed E-state index contributed by atoms with van der Waals surface area (Å²) >= 11 is 0. The first-order chi connectivity index (χ1) is 14.9. The van der Waals surface area contributed by atoms with E-state index in [-0.39, 0.29) is 12.2 Å². The van der Waals surface area contributed by atoms with Crippen LogP contribution >= 0.6 is 0 Å². The Morgan fingerprint density at radius 1 is 1.06 bits per heavy atom. The van der Waals surface area contributed by atoms with Crippen molar-refractivity contribution in [1.82, 2.24) is 4.98 Å². The lowest BCUT2D eigenvalue weighted by molar-refractivity contribution is -0.0511. The molecule has 3 nitrogen and oxygen atoms in total. The molecule has 0 aliphatic heterocycles. The van der Waals surface area contributed by atoms with Crippen LogP contribution in [-0.4, -0.2) is 21.3 Å². The van der Waals surface area contributed by atoms with Gasteiger partial charge in [-0.15, -0.1) is 0 Å². The zero-order valence-electron chi connectivity index (χ0n) is 19.5. The molecule has 0 radical (unpaired) electrons. The summed E-state index contributed by atoms with van der Waals surface area (Å²) in [6, 6.07) is 3.88. The van der Waals surface area contributed by atoms with Gasteiger partial charge in [0, 0.05) is 12.4 Å². The van der Waals surface area contributed by atoms with E-state index in [1.54, 1.807) is 18.0 Å². The van der Waals surface area contributed by atoms with Crippen molar-refractivity contribution < 1.29 is 10.2 Å². The fourth-order valence-corrected chi connectivity index (χ4v) is 8.53. The van der Waals surface area contributed by atoms with E-state index in [4.69, 9.17) is 0 Å². The molecule has 3 saturated carbocycles. The van der Waals surface area contributed by atoms with Gasteiger partial charge in [-0.3, -0.25) is 4.98 Å². The third-order valence-electron chi connectivity index (χ3n) is 10.4. The largest absolute Gasteiger partial charge is 0.393 e. The number of aromatic nitrogens is 1. The number of hydrogen-bond donors (Lipinski definition) is 2. The molecule has 31 heavy (non-hydrogen) atoms. The summed E-state index contributed by atoms with van der Waals surface area (Å²) in [5.74, 6) is 3.35. The highest BCUT2D eigenvalue weighted by molar-refractivity contribution is 5.25. The van der Waals surface area contributed by atoms with Crippen molar-refractivity contribution >= 4 is 0 Å². The quantitative estimate of drug-likeness (QED) is 0.552. The highest BCUT2D eigenvalue weighted by Gasteiger charge is 2.58. The minimum Gasteiger partial charge on any atom is -0.393 e. The van der Waals surface area contributed by atoms with E-state index in [1.165, 1.54) is 44.9 Å². The van der Waals surface area contributed by atoms with Crippen LogP contribution in [-0.2, 0) is 0 Å². The van der Waals surface area contributed by atoms with Crippen LogP contribution in [0.3, 0.4) is 0 Å². The minimum atomic E-state index is -0.354. The van der Waals surface area contributed by atoms with Crippen LogP contribution in [0.15, 0.2) is 36.2 Å². The second-order valence-electron chi connectivity index (χ2n) is 11.7. The molecule has 0 amide bonds. The SMILES string of the molecule is CC12CCC(O)CC1=CCC1C2CCC2(C)C(CCCC(O)c3ccncc3)CCC12. The number of allylic oxidation sites excluding steroid dienone is 1. The molecule has 4 aliphatic rings. The number of fused-ring (bicyclic) bond motifs is 5. The maximum atomic E-state index is 10.6. The Bertz CT molecular complexity index is 806. The molecule has 2 N–H and O–H groups in total. The summed E-state index contributed by atoms with van der Waals surface area (Å²) in [4.78, 5) is 4.06. The smallest absolute Gasteiger partial charge is 0.0791 e. The Kier molecular flexibility index (Phi) is 5.80. The summed E-state index contributed by atoms with van der Waals surface area (Å²) in [5.41, 5.74) is 3.41. The van der Waals surface area contributed by atoms with Gasteiger partial charge in [-0.1, -0.05) is 31.9 Å².